The van der Waals surface area contributed by atoms with Crippen LogP contribution < -0.4 is 10.5 Å². The monoisotopic (exact) mass is 293 g/mol. The molecule has 22 heavy (non-hydrogen) atoms. The molecular formula is C19H19NO2. The third-order valence-electron chi connectivity index (χ3n) is 3.85. The fraction of sp³-hybridized carbons (Fsp3) is 0.158. The molecule has 0 radical (unpaired) electrons. The lowest BCUT2D eigenvalue weighted by atomic mass is 9.85. The summed E-state index contributed by atoms with van der Waals surface area (Å²) in [7, 11) is 1.67. The SMILES string of the molecule is COc1ccc(C2C=C(N)OC(C)=C2c2ccccc2)cc1. The molecule has 1 heterocycles. The second kappa shape index (κ2) is 5.98. The molecule has 2 N–H and O–H groups in total. The Balaban J connectivity index is 2.06. The Hall–Kier alpha value is -2.68. The zero-order valence-electron chi connectivity index (χ0n) is 12.7. The Morgan fingerprint density at radius 2 is 1.68 bits per heavy atom. The molecular weight excluding hydrogens is 274 g/mol. The van der Waals surface area contributed by atoms with Crippen LogP contribution in [0, 0.1) is 0 Å². The summed E-state index contributed by atoms with van der Waals surface area (Å²) in [6, 6.07) is 18.3. The van der Waals surface area contributed by atoms with Gasteiger partial charge in [0.15, 0.2) is 5.88 Å². The molecule has 0 saturated heterocycles. The molecule has 0 bridgehead atoms. The van der Waals surface area contributed by atoms with E-state index in [4.69, 9.17) is 15.2 Å². The van der Waals surface area contributed by atoms with E-state index < -0.39 is 0 Å². The van der Waals surface area contributed by atoms with Gasteiger partial charge < -0.3 is 15.2 Å². The van der Waals surface area contributed by atoms with Gasteiger partial charge in [-0.1, -0.05) is 42.5 Å². The van der Waals surface area contributed by atoms with E-state index >= 15 is 0 Å². The first-order valence-electron chi connectivity index (χ1n) is 7.24. The highest BCUT2D eigenvalue weighted by atomic mass is 16.5. The lowest BCUT2D eigenvalue weighted by Crippen LogP contribution is -2.14. The molecule has 1 aliphatic heterocycles. The third kappa shape index (κ3) is 2.70. The van der Waals surface area contributed by atoms with Crippen LogP contribution >= 0.6 is 0 Å². The number of rotatable bonds is 3. The van der Waals surface area contributed by atoms with E-state index in [0.29, 0.717) is 5.88 Å². The Labute approximate surface area is 130 Å². The van der Waals surface area contributed by atoms with E-state index in [0.717, 1.165) is 28.2 Å². The van der Waals surface area contributed by atoms with Crippen LogP contribution in [-0.4, -0.2) is 7.11 Å². The van der Waals surface area contributed by atoms with Crippen molar-refractivity contribution >= 4 is 5.57 Å². The van der Waals surface area contributed by atoms with Crippen molar-refractivity contribution in [3.8, 4) is 5.75 Å². The topological polar surface area (TPSA) is 44.5 Å². The molecule has 2 aromatic carbocycles. The van der Waals surface area contributed by atoms with E-state index in [9.17, 15) is 0 Å². The van der Waals surface area contributed by atoms with Crippen molar-refractivity contribution < 1.29 is 9.47 Å². The molecule has 0 fully saturated rings. The summed E-state index contributed by atoms with van der Waals surface area (Å²) in [5.74, 6) is 2.20. The van der Waals surface area contributed by atoms with Gasteiger partial charge in [0.25, 0.3) is 0 Å². The molecule has 0 spiro atoms. The van der Waals surface area contributed by atoms with Crippen LogP contribution in [0.25, 0.3) is 5.57 Å². The average Bonchev–Trinajstić information content (AvgIpc) is 2.55. The van der Waals surface area contributed by atoms with Gasteiger partial charge in [-0.3, -0.25) is 0 Å². The summed E-state index contributed by atoms with van der Waals surface area (Å²) < 4.78 is 10.9. The molecule has 0 aromatic heterocycles. The maximum Gasteiger partial charge on any atom is 0.187 e. The first-order valence-corrected chi connectivity index (χ1v) is 7.24. The maximum absolute atomic E-state index is 5.93. The first kappa shape index (κ1) is 14.3. The maximum atomic E-state index is 5.93. The first-order chi connectivity index (χ1) is 10.7. The van der Waals surface area contributed by atoms with Crippen molar-refractivity contribution in [1.82, 2.24) is 0 Å². The van der Waals surface area contributed by atoms with Gasteiger partial charge in [-0.25, -0.2) is 0 Å². The quantitative estimate of drug-likeness (QED) is 0.929. The summed E-state index contributed by atoms with van der Waals surface area (Å²) in [5.41, 5.74) is 9.37. The molecule has 2 aromatic rings. The smallest absolute Gasteiger partial charge is 0.187 e. The Bertz CT molecular complexity index is 715. The van der Waals surface area contributed by atoms with Crippen molar-refractivity contribution in [2.75, 3.05) is 7.11 Å². The largest absolute Gasteiger partial charge is 0.497 e. The van der Waals surface area contributed by atoms with Crippen LogP contribution in [0.2, 0.25) is 0 Å². The molecule has 3 nitrogen and oxygen atoms in total. The Morgan fingerprint density at radius 3 is 2.32 bits per heavy atom. The van der Waals surface area contributed by atoms with Crippen molar-refractivity contribution in [1.29, 1.82) is 0 Å². The highest BCUT2D eigenvalue weighted by Gasteiger charge is 2.24. The van der Waals surface area contributed by atoms with E-state index in [2.05, 4.69) is 24.3 Å². The molecule has 0 saturated carbocycles. The van der Waals surface area contributed by atoms with Crippen LogP contribution in [0.15, 0.2) is 72.3 Å². The molecule has 1 unspecified atom stereocenters. The molecule has 3 rings (SSSR count). The standard InChI is InChI=1S/C19H19NO2/c1-13-19(15-6-4-3-5-7-15)17(12-18(20)22-13)14-8-10-16(21-2)11-9-14/h3-12,17H,20H2,1-2H3. The average molecular weight is 293 g/mol. The molecule has 1 aliphatic rings. The summed E-state index contributed by atoms with van der Waals surface area (Å²) >= 11 is 0. The van der Waals surface area contributed by atoms with Gasteiger partial charge in [-0.05, 0) is 36.3 Å². The Morgan fingerprint density at radius 1 is 1.00 bits per heavy atom. The third-order valence-corrected chi connectivity index (χ3v) is 3.85. The van der Waals surface area contributed by atoms with Gasteiger partial charge in [0, 0.05) is 11.5 Å². The van der Waals surface area contributed by atoms with Gasteiger partial charge in [-0.15, -0.1) is 0 Å². The van der Waals surface area contributed by atoms with Gasteiger partial charge in [0.2, 0.25) is 0 Å². The highest BCUT2D eigenvalue weighted by Crippen LogP contribution is 2.40. The van der Waals surface area contributed by atoms with Gasteiger partial charge >= 0.3 is 0 Å². The van der Waals surface area contributed by atoms with E-state index in [1.807, 2.05) is 43.3 Å². The Kier molecular flexibility index (Phi) is 3.88. The van der Waals surface area contributed by atoms with E-state index in [1.165, 1.54) is 0 Å². The van der Waals surface area contributed by atoms with Crippen LogP contribution in [0.1, 0.15) is 24.0 Å². The summed E-state index contributed by atoms with van der Waals surface area (Å²) in [6.07, 6.45) is 1.96. The highest BCUT2D eigenvalue weighted by molar-refractivity contribution is 5.76. The zero-order valence-corrected chi connectivity index (χ0v) is 12.7. The summed E-state index contributed by atoms with van der Waals surface area (Å²) in [6.45, 7) is 1.96. The number of hydrogen-bond donors (Lipinski definition) is 1. The molecule has 3 heteroatoms. The summed E-state index contributed by atoms with van der Waals surface area (Å²) in [5, 5.41) is 0. The minimum atomic E-state index is 0.0713. The van der Waals surface area contributed by atoms with Gasteiger partial charge in [0.05, 0.1) is 7.11 Å². The van der Waals surface area contributed by atoms with Crippen molar-refractivity contribution in [2.45, 2.75) is 12.8 Å². The number of nitrogens with two attached hydrogens (primary N) is 1. The summed E-state index contributed by atoms with van der Waals surface area (Å²) in [4.78, 5) is 0. The predicted octanol–water partition coefficient (Wildman–Crippen LogP) is 4.04. The van der Waals surface area contributed by atoms with Crippen LogP contribution in [0.5, 0.6) is 5.75 Å². The minimum Gasteiger partial charge on any atom is -0.497 e. The van der Waals surface area contributed by atoms with Gasteiger partial charge in [0.1, 0.15) is 11.5 Å². The molecule has 1 atom stereocenters. The van der Waals surface area contributed by atoms with E-state index in [1.54, 1.807) is 7.11 Å². The van der Waals surface area contributed by atoms with Crippen molar-refractivity contribution in [2.24, 2.45) is 5.73 Å². The number of ether oxygens (including phenoxy) is 2. The number of hydrogen-bond acceptors (Lipinski definition) is 3. The van der Waals surface area contributed by atoms with E-state index in [-0.39, 0.29) is 5.92 Å². The molecule has 112 valence electrons. The van der Waals surface area contributed by atoms with Crippen LogP contribution in [-0.2, 0) is 4.74 Å². The molecule has 0 aliphatic carbocycles. The second-order valence-electron chi connectivity index (χ2n) is 5.26. The van der Waals surface area contributed by atoms with Gasteiger partial charge in [-0.2, -0.15) is 0 Å². The minimum absolute atomic E-state index is 0.0713. The van der Waals surface area contributed by atoms with Crippen LogP contribution in [0.3, 0.4) is 0 Å². The molecule has 0 amide bonds. The lowest BCUT2D eigenvalue weighted by molar-refractivity contribution is 0.295. The fourth-order valence-corrected chi connectivity index (χ4v) is 2.81. The number of benzene rings is 2. The van der Waals surface area contributed by atoms with Crippen LogP contribution in [0.4, 0.5) is 0 Å². The number of methoxy groups -OCH3 is 1. The van der Waals surface area contributed by atoms with Crippen molar-refractivity contribution in [3.63, 3.8) is 0 Å². The predicted molar refractivity (Wildman–Crippen MR) is 88.1 cm³/mol. The zero-order chi connectivity index (χ0) is 15.5. The fourth-order valence-electron chi connectivity index (χ4n) is 2.81. The lowest BCUT2D eigenvalue weighted by Gasteiger charge is -2.26. The normalized spacial score (nSPS) is 17.7. The second-order valence-corrected chi connectivity index (χ2v) is 5.26. The van der Waals surface area contributed by atoms with Crippen molar-refractivity contribution in [3.05, 3.63) is 83.4 Å². The number of allylic oxidation sites excluding steroid dienone is 3.